The van der Waals surface area contributed by atoms with E-state index in [9.17, 15) is 0 Å². The van der Waals surface area contributed by atoms with Crippen LogP contribution in [0.5, 0.6) is 0 Å². The third-order valence-corrected chi connectivity index (χ3v) is 12.4. The molecule has 0 unspecified atom stereocenters. The first kappa shape index (κ1) is 35.9. The molecule has 0 amide bonds. The van der Waals surface area contributed by atoms with Crippen LogP contribution in [0.3, 0.4) is 0 Å². The molecule has 0 saturated heterocycles. The number of hydrogen-bond donors (Lipinski definition) is 0. The number of aromatic nitrogens is 7. The van der Waals surface area contributed by atoms with Gasteiger partial charge in [0.15, 0.2) is 11.6 Å². The Balaban J connectivity index is 1.01. The molecule has 0 N–H and O–H groups in total. The lowest BCUT2D eigenvalue weighted by Gasteiger charge is -2.12. The Bertz CT molecular complexity index is 3760. The van der Waals surface area contributed by atoms with Crippen molar-refractivity contribution < 1.29 is 0 Å². The van der Waals surface area contributed by atoms with Gasteiger partial charge in [-0.05, 0) is 58.3 Å². The van der Waals surface area contributed by atoms with Gasteiger partial charge in [0, 0.05) is 43.8 Å². The highest BCUT2D eigenvalue weighted by molar-refractivity contribution is 6.26. The summed E-state index contributed by atoms with van der Waals surface area (Å²) in [5.41, 5.74) is 12.1. The third-order valence-electron chi connectivity index (χ3n) is 12.4. The zero-order valence-corrected chi connectivity index (χ0v) is 34.3. The summed E-state index contributed by atoms with van der Waals surface area (Å²) in [6.07, 6.45) is 0. The van der Waals surface area contributed by atoms with Crippen LogP contribution in [0, 0.1) is 0 Å². The fourth-order valence-electron chi connectivity index (χ4n) is 9.46. The van der Waals surface area contributed by atoms with E-state index >= 15 is 0 Å². The highest BCUT2D eigenvalue weighted by atomic mass is 15.2. The normalized spacial score (nSPS) is 11.8. The van der Waals surface area contributed by atoms with Crippen LogP contribution in [-0.2, 0) is 0 Å². The number of fused-ring (bicyclic) bond motifs is 3. The molecular weight excluding hydrogens is 783 g/mol. The summed E-state index contributed by atoms with van der Waals surface area (Å²) in [4.78, 5) is 25.8. The average Bonchev–Trinajstić information content (AvgIpc) is 3.90. The molecule has 0 spiro atoms. The maximum absolute atomic E-state index is 5.28. The molecule has 13 rings (SSSR count). The van der Waals surface area contributed by atoms with Crippen molar-refractivity contribution in [2.45, 2.75) is 0 Å². The summed E-state index contributed by atoms with van der Waals surface area (Å²) < 4.78 is 4.42. The zero-order valence-electron chi connectivity index (χ0n) is 34.3. The second-order valence-corrected chi connectivity index (χ2v) is 16.1. The second-order valence-electron chi connectivity index (χ2n) is 16.1. The van der Waals surface area contributed by atoms with Gasteiger partial charge < -0.3 is 0 Å². The standard InChI is InChI=1S/C57H35N7/c1-5-16-36(17-6-1)46-35-47(37-18-7-2-8-19-37)59-56(58-46)64-50-27-15-24-38-28-30-44-42(31-33-51(64)53(44)52(38)50)41-29-32-49-45(34-41)43-25-13-14-26-48(43)63(49)57-61-54(39-20-9-3-10-21-39)60-55(62-57)40-22-11-4-12-23-40/h1-35H. The molecule has 0 aliphatic carbocycles. The van der Waals surface area contributed by atoms with Crippen molar-refractivity contribution in [1.82, 2.24) is 34.1 Å². The fraction of sp³-hybridized carbons (Fsp3) is 0. The van der Waals surface area contributed by atoms with E-state index in [2.05, 4.69) is 149 Å². The van der Waals surface area contributed by atoms with Crippen LogP contribution in [0.2, 0.25) is 0 Å². The summed E-state index contributed by atoms with van der Waals surface area (Å²) in [6.45, 7) is 0. The lowest BCUT2D eigenvalue weighted by molar-refractivity contribution is 0.953. The number of para-hydroxylation sites is 1. The molecule has 4 heterocycles. The van der Waals surface area contributed by atoms with E-state index in [1.807, 2.05) is 72.8 Å². The van der Waals surface area contributed by atoms with Crippen LogP contribution in [0.1, 0.15) is 0 Å². The fourth-order valence-corrected chi connectivity index (χ4v) is 9.46. The Morgan fingerprint density at radius 2 is 0.797 bits per heavy atom. The van der Waals surface area contributed by atoms with E-state index in [0.29, 0.717) is 23.5 Å². The maximum atomic E-state index is 5.28. The Hall–Kier alpha value is -8.81. The molecule has 7 heteroatoms. The Labute approximate surface area is 367 Å². The van der Waals surface area contributed by atoms with Crippen molar-refractivity contribution in [3.8, 4) is 68.3 Å². The minimum absolute atomic E-state index is 0.570. The van der Waals surface area contributed by atoms with Gasteiger partial charge in [-0.15, -0.1) is 0 Å². The van der Waals surface area contributed by atoms with Gasteiger partial charge in [-0.25, -0.2) is 15.0 Å². The quantitative estimate of drug-likeness (QED) is 0.150. The first-order valence-electron chi connectivity index (χ1n) is 21.4. The molecule has 0 fully saturated rings. The van der Waals surface area contributed by atoms with Gasteiger partial charge in [-0.2, -0.15) is 9.97 Å². The Morgan fingerprint density at radius 1 is 0.281 bits per heavy atom. The molecule has 9 aromatic carbocycles. The highest BCUT2D eigenvalue weighted by Gasteiger charge is 2.23. The van der Waals surface area contributed by atoms with Crippen LogP contribution >= 0.6 is 0 Å². The molecule has 0 bridgehead atoms. The summed E-state index contributed by atoms with van der Waals surface area (Å²) in [5, 5.41) is 6.97. The molecular formula is C57H35N7. The highest BCUT2D eigenvalue weighted by Crippen LogP contribution is 2.44. The minimum atomic E-state index is 0.570. The lowest BCUT2D eigenvalue weighted by Crippen LogP contribution is -2.06. The van der Waals surface area contributed by atoms with E-state index in [1.54, 1.807) is 0 Å². The summed E-state index contributed by atoms with van der Waals surface area (Å²) in [7, 11) is 0. The van der Waals surface area contributed by atoms with Gasteiger partial charge >= 0.3 is 0 Å². The average molecular weight is 818 g/mol. The number of hydrogen-bond acceptors (Lipinski definition) is 5. The largest absolute Gasteiger partial charge is 0.278 e. The molecule has 298 valence electrons. The van der Waals surface area contributed by atoms with E-state index in [4.69, 9.17) is 24.9 Å². The zero-order chi connectivity index (χ0) is 42.1. The second kappa shape index (κ2) is 14.4. The molecule has 4 aromatic heterocycles. The summed E-state index contributed by atoms with van der Waals surface area (Å²) in [5.74, 6) is 2.45. The van der Waals surface area contributed by atoms with Crippen LogP contribution in [0.25, 0.3) is 123 Å². The monoisotopic (exact) mass is 817 g/mol. The molecule has 0 radical (unpaired) electrons. The molecule has 13 aromatic rings. The lowest BCUT2D eigenvalue weighted by atomic mass is 9.94. The first-order chi connectivity index (χ1) is 31.7. The van der Waals surface area contributed by atoms with Crippen molar-refractivity contribution >= 4 is 54.4 Å². The third kappa shape index (κ3) is 5.72. The maximum Gasteiger partial charge on any atom is 0.238 e. The predicted molar refractivity (Wildman–Crippen MR) is 260 cm³/mol. The molecule has 64 heavy (non-hydrogen) atoms. The van der Waals surface area contributed by atoms with Crippen LogP contribution < -0.4 is 0 Å². The van der Waals surface area contributed by atoms with E-state index in [0.717, 1.165) is 77.6 Å². The number of rotatable bonds is 7. The van der Waals surface area contributed by atoms with E-state index < -0.39 is 0 Å². The molecule has 0 aliphatic heterocycles. The van der Waals surface area contributed by atoms with Crippen molar-refractivity contribution in [3.63, 3.8) is 0 Å². The first-order valence-corrected chi connectivity index (χ1v) is 21.4. The van der Waals surface area contributed by atoms with E-state index in [1.165, 1.54) is 21.5 Å². The topological polar surface area (TPSA) is 74.3 Å². The summed E-state index contributed by atoms with van der Waals surface area (Å²) >= 11 is 0. The van der Waals surface area contributed by atoms with Crippen LogP contribution in [0.15, 0.2) is 212 Å². The minimum Gasteiger partial charge on any atom is -0.278 e. The van der Waals surface area contributed by atoms with Crippen LogP contribution in [-0.4, -0.2) is 34.1 Å². The Kier molecular flexibility index (Phi) is 8.08. The van der Waals surface area contributed by atoms with Gasteiger partial charge in [0.25, 0.3) is 0 Å². The predicted octanol–water partition coefficient (Wildman–Crippen LogP) is 13.8. The SMILES string of the molecule is c1ccc(-c2cc(-c3ccccc3)nc(-n3c4cccc5ccc6c(-c7ccc8c(c7)c7ccccc7n8-c7nc(-c8ccccc8)nc(-c8ccccc8)n7)ccc3c6c54)n2)cc1. The van der Waals surface area contributed by atoms with Crippen molar-refractivity contribution in [1.29, 1.82) is 0 Å². The van der Waals surface area contributed by atoms with Crippen molar-refractivity contribution in [2.24, 2.45) is 0 Å². The molecule has 0 atom stereocenters. The smallest absolute Gasteiger partial charge is 0.238 e. The van der Waals surface area contributed by atoms with Crippen LogP contribution in [0.4, 0.5) is 0 Å². The number of nitrogens with zero attached hydrogens (tertiary/aromatic N) is 7. The van der Waals surface area contributed by atoms with Gasteiger partial charge in [0.05, 0.1) is 33.5 Å². The molecule has 0 saturated carbocycles. The van der Waals surface area contributed by atoms with Gasteiger partial charge in [-0.1, -0.05) is 176 Å². The molecule has 0 aliphatic rings. The summed E-state index contributed by atoms with van der Waals surface area (Å²) in [6, 6.07) is 73.9. The Morgan fingerprint density at radius 3 is 1.45 bits per heavy atom. The van der Waals surface area contributed by atoms with Gasteiger partial charge in [0.1, 0.15) is 0 Å². The number of benzene rings is 9. The molecule has 7 nitrogen and oxygen atoms in total. The van der Waals surface area contributed by atoms with E-state index in [-0.39, 0.29) is 0 Å². The van der Waals surface area contributed by atoms with Gasteiger partial charge in [-0.3, -0.25) is 9.13 Å². The van der Waals surface area contributed by atoms with Gasteiger partial charge in [0.2, 0.25) is 11.9 Å². The van der Waals surface area contributed by atoms with Crippen molar-refractivity contribution in [3.05, 3.63) is 212 Å². The van der Waals surface area contributed by atoms with Crippen molar-refractivity contribution in [2.75, 3.05) is 0 Å².